The number of nitrogens with zero attached hydrogens (tertiary/aromatic N) is 1. The predicted molar refractivity (Wildman–Crippen MR) is 233 cm³/mol. The number of phenolic OH excluding ortho intramolecular Hbond substituents is 1. The van der Waals surface area contributed by atoms with Crippen molar-refractivity contribution in [3.63, 3.8) is 0 Å². The summed E-state index contributed by atoms with van der Waals surface area (Å²) in [5.41, 5.74) is 1.51. The molecule has 314 valence electrons. The molecule has 2 heterocycles. The fourth-order valence-electron chi connectivity index (χ4n) is 10.5. The van der Waals surface area contributed by atoms with Gasteiger partial charge in [-0.15, -0.1) is 0 Å². The fourth-order valence-corrected chi connectivity index (χ4v) is 12.8. The second kappa shape index (κ2) is 18.8. The first kappa shape index (κ1) is 42.6. The molecule has 7 rings (SSSR count). The van der Waals surface area contributed by atoms with Crippen molar-refractivity contribution in [2.45, 2.75) is 101 Å². The molecule has 0 radical (unpaired) electrons. The molecule has 0 aromatic heterocycles. The average molecular weight is 833 g/mol. The van der Waals surface area contributed by atoms with Gasteiger partial charge in [-0.2, -0.15) is 0 Å². The van der Waals surface area contributed by atoms with Gasteiger partial charge in [-0.25, -0.2) is 0 Å². The number of aliphatic hydroxyl groups excluding tert-OH is 1. The third-order valence-corrected chi connectivity index (χ3v) is 15.7. The van der Waals surface area contributed by atoms with Crippen LogP contribution in [0.15, 0.2) is 47.5 Å². The molecule has 1 spiro atoms. The van der Waals surface area contributed by atoms with Crippen LogP contribution in [0.4, 0.5) is 5.69 Å². The highest BCUT2D eigenvalue weighted by Crippen LogP contribution is 2.53. The van der Waals surface area contributed by atoms with E-state index in [1.54, 1.807) is 41.8 Å². The second-order valence-corrected chi connectivity index (χ2v) is 19.4. The minimum Gasteiger partial charge on any atom is -0.504 e. The van der Waals surface area contributed by atoms with E-state index in [1.807, 2.05) is 25.3 Å². The number of likely N-dealkylation sites (N-methyl/N-ethyl adjacent to an activating group) is 1. The van der Waals surface area contributed by atoms with Crippen molar-refractivity contribution in [1.82, 2.24) is 10.6 Å². The number of nitrogens with one attached hydrogen (secondary N) is 3. The normalized spacial score (nSPS) is 29.4. The van der Waals surface area contributed by atoms with Gasteiger partial charge in [0.1, 0.15) is 11.7 Å². The van der Waals surface area contributed by atoms with E-state index in [1.165, 1.54) is 7.11 Å². The molecule has 5 N–H and O–H groups in total. The first-order valence-corrected chi connectivity index (χ1v) is 23.3. The maximum atomic E-state index is 14.8. The van der Waals surface area contributed by atoms with Gasteiger partial charge in [-0.1, -0.05) is 58.9 Å². The number of hydrogen-bond acceptors (Lipinski definition) is 11. The average Bonchev–Trinajstić information content (AvgIpc) is 3.95. The van der Waals surface area contributed by atoms with E-state index in [0.717, 1.165) is 80.4 Å². The third-order valence-electron chi connectivity index (χ3n) is 13.5. The van der Waals surface area contributed by atoms with Crippen molar-refractivity contribution in [2.24, 2.45) is 28.2 Å². The number of anilines is 1. The van der Waals surface area contributed by atoms with Crippen LogP contribution in [0.3, 0.4) is 0 Å². The standard InChI is InChI=1S/C45H60N4O7S2/c1-46-28-44-25-31(32(26-44)21-40(52)54-4)10-9-19-55-41-35-22-34(23-38(41)56-44)43(15-5-6-16-43)17-8-12-39(51)45(24-30-13-14-36(50)37(20-30)53-3)18-7-11-33(45)27-57-58-29-48-42(47-2)49-35/h8,12-14,20,22-23,31-33,40,46,50,52H,5-7,10-11,15-18,21,24-29H2,1-4H3,(H2,47,48,49). The topological polar surface area (TPSA) is 143 Å². The summed E-state index contributed by atoms with van der Waals surface area (Å²) in [6.45, 7) is 0.622. The van der Waals surface area contributed by atoms with Crippen LogP contribution in [0.25, 0.3) is 0 Å². The monoisotopic (exact) mass is 832 g/mol. The summed E-state index contributed by atoms with van der Waals surface area (Å²) in [5.74, 6) is 7.77. The highest BCUT2D eigenvalue weighted by molar-refractivity contribution is 8.76. The molecule has 2 aliphatic heterocycles. The van der Waals surface area contributed by atoms with E-state index < -0.39 is 17.3 Å². The highest BCUT2D eigenvalue weighted by atomic mass is 33.1. The maximum Gasteiger partial charge on any atom is 0.205 e. The quantitative estimate of drug-likeness (QED) is 0.102. The first-order chi connectivity index (χ1) is 28.1. The van der Waals surface area contributed by atoms with Crippen LogP contribution in [-0.2, 0) is 21.4 Å². The Kier molecular flexibility index (Phi) is 13.8. The molecule has 3 saturated carbocycles. The Morgan fingerprint density at radius 3 is 2.74 bits per heavy atom. The lowest BCUT2D eigenvalue weighted by molar-refractivity contribution is -0.125. The number of ketones is 1. The van der Waals surface area contributed by atoms with Gasteiger partial charge in [0.2, 0.25) is 5.75 Å². The van der Waals surface area contributed by atoms with Gasteiger partial charge in [0.25, 0.3) is 0 Å². The summed E-state index contributed by atoms with van der Waals surface area (Å²) in [5, 5.41) is 31.4. The molecule has 0 amide bonds. The van der Waals surface area contributed by atoms with Crippen LogP contribution in [-0.4, -0.2) is 80.3 Å². The molecule has 0 saturated heterocycles. The highest BCUT2D eigenvalue weighted by Gasteiger charge is 2.49. The molecule has 6 atom stereocenters. The van der Waals surface area contributed by atoms with Gasteiger partial charge >= 0.3 is 0 Å². The molecule has 5 aliphatic rings. The summed E-state index contributed by atoms with van der Waals surface area (Å²) in [6.07, 6.45) is 17.1. The van der Waals surface area contributed by atoms with Gasteiger partial charge < -0.3 is 45.1 Å². The van der Waals surface area contributed by atoms with Gasteiger partial charge in [-0.05, 0) is 123 Å². The SMILES string of the molecule is CN=C1NCSSCC2CCCC2(Cc2ccc(O)c(OC)c2)C(=O)C=CCC2(CCCC2)c2cc(c3c(c2)OC2(CNC)CC(CC#CO3)C(CC(O)OC)C2)N1. The van der Waals surface area contributed by atoms with E-state index in [2.05, 4.69) is 51.2 Å². The van der Waals surface area contributed by atoms with E-state index >= 15 is 0 Å². The van der Waals surface area contributed by atoms with Crippen molar-refractivity contribution in [1.29, 1.82) is 0 Å². The zero-order valence-electron chi connectivity index (χ0n) is 34.4. The Balaban J connectivity index is 1.29. The Morgan fingerprint density at radius 1 is 1.12 bits per heavy atom. The minimum absolute atomic E-state index is 0.0980. The molecule has 58 heavy (non-hydrogen) atoms. The zero-order chi connectivity index (χ0) is 40.8. The van der Waals surface area contributed by atoms with Gasteiger partial charge in [-0.3, -0.25) is 9.79 Å². The number of methoxy groups -OCH3 is 2. The number of rotatable bonds is 8. The predicted octanol–water partition coefficient (Wildman–Crippen LogP) is 7.56. The number of benzene rings is 2. The van der Waals surface area contributed by atoms with Crippen LogP contribution >= 0.6 is 21.6 Å². The fraction of sp³-hybridized carbons (Fsp3) is 0.600. The van der Waals surface area contributed by atoms with E-state index in [-0.39, 0.29) is 34.7 Å². The van der Waals surface area contributed by atoms with Crippen LogP contribution in [0.1, 0.15) is 88.2 Å². The summed E-state index contributed by atoms with van der Waals surface area (Å²) in [4.78, 5) is 19.4. The van der Waals surface area contributed by atoms with E-state index in [4.69, 9.17) is 18.9 Å². The number of aromatic hydroxyl groups is 1. The number of fused-ring (bicyclic) bond motifs is 8. The first-order valence-electron chi connectivity index (χ1n) is 20.8. The zero-order valence-corrected chi connectivity index (χ0v) is 36.0. The Morgan fingerprint density at radius 2 is 1.97 bits per heavy atom. The molecule has 11 nitrogen and oxygen atoms in total. The molecule has 6 unspecified atom stereocenters. The van der Waals surface area contributed by atoms with Crippen LogP contribution in [0, 0.1) is 35.2 Å². The second-order valence-electron chi connectivity index (χ2n) is 16.9. The molecule has 4 bridgehead atoms. The van der Waals surface area contributed by atoms with Crippen molar-refractivity contribution in [3.8, 4) is 35.0 Å². The van der Waals surface area contributed by atoms with Gasteiger partial charge in [0, 0.05) is 44.7 Å². The number of carbonyl (C=O) groups is 1. The van der Waals surface area contributed by atoms with E-state index in [0.29, 0.717) is 61.3 Å². The number of aliphatic imine (C=N–C) groups is 1. The van der Waals surface area contributed by atoms with Crippen LogP contribution in [0.5, 0.6) is 23.0 Å². The largest absolute Gasteiger partial charge is 0.504 e. The maximum absolute atomic E-state index is 14.8. The Hall–Kier alpha value is -3.54. The molecule has 3 fully saturated rings. The Labute approximate surface area is 351 Å². The smallest absolute Gasteiger partial charge is 0.205 e. The Bertz CT molecular complexity index is 1910. The van der Waals surface area contributed by atoms with Crippen molar-refractivity contribution >= 4 is 39.0 Å². The number of hydrogen-bond donors (Lipinski definition) is 5. The number of aliphatic hydroxyl groups is 1. The minimum atomic E-state index is -0.852. The van der Waals surface area contributed by atoms with Gasteiger partial charge in [0.15, 0.2) is 35.3 Å². The molecule has 13 heteroatoms. The number of guanidine groups is 1. The summed E-state index contributed by atoms with van der Waals surface area (Å²) < 4.78 is 24.4. The van der Waals surface area contributed by atoms with Crippen LogP contribution < -0.4 is 30.2 Å². The molecule has 2 aromatic carbocycles. The van der Waals surface area contributed by atoms with Crippen LogP contribution in [0.2, 0.25) is 0 Å². The molecule has 3 aliphatic carbocycles. The molecule has 2 aromatic rings. The van der Waals surface area contributed by atoms with Crippen molar-refractivity contribution in [3.05, 3.63) is 53.6 Å². The summed E-state index contributed by atoms with van der Waals surface area (Å²) >= 11 is 0. The summed E-state index contributed by atoms with van der Waals surface area (Å²) in [6, 6.07) is 9.82. The van der Waals surface area contributed by atoms with Crippen molar-refractivity contribution < 1.29 is 34.0 Å². The number of ether oxygens (including phenoxy) is 4. The van der Waals surface area contributed by atoms with Gasteiger partial charge in [0.05, 0.1) is 18.7 Å². The lowest BCUT2D eigenvalue weighted by Gasteiger charge is -2.35. The van der Waals surface area contributed by atoms with Crippen molar-refractivity contribution in [2.75, 3.05) is 51.8 Å². The lowest BCUT2D eigenvalue weighted by atomic mass is 9.70. The molecular weight excluding hydrogens is 773 g/mol. The third kappa shape index (κ3) is 9.11. The van der Waals surface area contributed by atoms with E-state index in [9.17, 15) is 15.0 Å². The number of carbonyl (C=O) groups excluding carboxylic acids is 1. The number of allylic oxidation sites excluding steroid dienone is 2. The molecular formula is C45H60N4O7S2. The summed E-state index contributed by atoms with van der Waals surface area (Å²) in [7, 11) is 10.3. The number of phenols is 1. The lowest BCUT2D eigenvalue weighted by Crippen LogP contribution is -2.43.